The van der Waals surface area contributed by atoms with Crippen molar-refractivity contribution in [3.05, 3.63) is 98.4 Å². The molecule has 1 saturated heterocycles. The number of carbonyl (C=O) groups is 1. The van der Waals surface area contributed by atoms with Gasteiger partial charge in [0, 0.05) is 17.7 Å². The molecule has 190 valence electrons. The molecule has 37 heavy (non-hydrogen) atoms. The predicted octanol–water partition coefficient (Wildman–Crippen LogP) is 6.89. The SMILES string of the molecule is Cc1ccc(C(C)C)c(OCCOc2ccc([N+](=O)[O-])cc2/C=C2/SC(=S)N(c3ccccc3)C2=O)c1. The number of aryl methyl sites for hydroxylation is 1. The highest BCUT2D eigenvalue weighted by Gasteiger charge is 2.33. The summed E-state index contributed by atoms with van der Waals surface area (Å²) in [5, 5.41) is 11.4. The zero-order valence-corrected chi connectivity index (χ0v) is 22.3. The Hall–Kier alpha value is -3.69. The molecular formula is C28H26N2O5S2. The molecule has 1 fully saturated rings. The van der Waals surface area contributed by atoms with Crippen molar-refractivity contribution in [2.45, 2.75) is 26.7 Å². The predicted molar refractivity (Wildman–Crippen MR) is 151 cm³/mol. The average Bonchev–Trinajstić information content (AvgIpc) is 3.15. The van der Waals surface area contributed by atoms with Crippen LogP contribution in [-0.2, 0) is 4.79 Å². The molecule has 1 aliphatic rings. The fourth-order valence-electron chi connectivity index (χ4n) is 3.85. The van der Waals surface area contributed by atoms with E-state index in [1.165, 1.54) is 23.1 Å². The Bertz CT molecular complexity index is 1370. The number of nitro benzene ring substituents is 1. The minimum Gasteiger partial charge on any atom is -0.490 e. The van der Waals surface area contributed by atoms with Crippen LogP contribution in [0.2, 0.25) is 0 Å². The van der Waals surface area contributed by atoms with Crippen molar-refractivity contribution in [1.82, 2.24) is 0 Å². The lowest BCUT2D eigenvalue weighted by Crippen LogP contribution is -2.27. The summed E-state index contributed by atoms with van der Waals surface area (Å²) < 4.78 is 12.3. The summed E-state index contributed by atoms with van der Waals surface area (Å²) in [5.41, 5.74) is 3.20. The third-order valence-electron chi connectivity index (χ3n) is 5.69. The van der Waals surface area contributed by atoms with Crippen LogP contribution >= 0.6 is 24.0 Å². The van der Waals surface area contributed by atoms with Gasteiger partial charge in [-0.25, -0.2) is 0 Å². The summed E-state index contributed by atoms with van der Waals surface area (Å²) in [7, 11) is 0. The quantitative estimate of drug-likeness (QED) is 0.0972. The van der Waals surface area contributed by atoms with Crippen molar-refractivity contribution in [2.24, 2.45) is 0 Å². The van der Waals surface area contributed by atoms with Crippen LogP contribution < -0.4 is 14.4 Å². The van der Waals surface area contributed by atoms with Gasteiger partial charge in [-0.2, -0.15) is 0 Å². The number of hydrogen-bond acceptors (Lipinski definition) is 7. The van der Waals surface area contributed by atoms with Crippen molar-refractivity contribution >= 4 is 51.7 Å². The smallest absolute Gasteiger partial charge is 0.270 e. The van der Waals surface area contributed by atoms with Crippen LogP contribution in [-0.4, -0.2) is 28.4 Å². The third kappa shape index (κ3) is 6.18. The summed E-state index contributed by atoms with van der Waals surface area (Å²) in [6.45, 7) is 6.73. The number of non-ortho nitro benzene ring substituents is 1. The zero-order valence-electron chi connectivity index (χ0n) is 20.7. The fraction of sp³-hybridized carbons (Fsp3) is 0.214. The lowest BCUT2D eigenvalue weighted by molar-refractivity contribution is -0.384. The first-order valence-corrected chi connectivity index (χ1v) is 12.9. The number of anilines is 1. The highest BCUT2D eigenvalue weighted by Crippen LogP contribution is 2.38. The van der Waals surface area contributed by atoms with E-state index in [1.54, 1.807) is 18.2 Å². The van der Waals surface area contributed by atoms with Gasteiger partial charge in [0.05, 0.1) is 15.5 Å². The Kier molecular flexibility index (Phi) is 8.25. The van der Waals surface area contributed by atoms with E-state index < -0.39 is 4.92 Å². The molecule has 0 aromatic heterocycles. The molecule has 0 N–H and O–H groups in total. The van der Waals surface area contributed by atoms with Gasteiger partial charge < -0.3 is 9.47 Å². The number of hydrogen-bond donors (Lipinski definition) is 0. The van der Waals surface area contributed by atoms with E-state index in [0.29, 0.717) is 32.1 Å². The van der Waals surface area contributed by atoms with Gasteiger partial charge in [0.1, 0.15) is 24.7 Å². The summed E-state index contributed by atoms with van der Waals surface area (Å²) in [4.78, 5) is 25.9. The van der Waals surface area contributed by atoms with Crippen molar-refractivity contribution in [3.63, 3.8) is 0 Å². The Balaban J connectivity index is 1.53. The standard InChI is InChI=1S/C28H26N2O5S2/c1-18(2)23-11-9-19(3)15-25(23)35-14-13-34-24-12-10-22(30(32)33)16-20(24)17-26-27(31)29(28(36)37-26)21-7-5-4-6-8-21/h4-12,15-18H,13-14H2,1-3H3/b26-17+. The number of amides is 1. The van der Waals surface area contributed by atoms with Crippen molar-refractivity contribution in [1.29, 1.82) is 0 Å². The number of para-hydroxylation sites is 1. The molecule has 0 atom stereocenters. The minimum atomic E-state index is -0.482. The van der Waals surface area contributed by atoms with Crippen molar-refractivity contribution in [3.8, 4) is 11.5 Å². The van der Waals surface area contributed by atoms with Crippen LogP contribution in [0.5, 0.6) is 11.5 Å². The van der Waals surface area contributed by atoms with E-state index in [9.17, 15) is 14.9 Å². The molecule has 0 saturated carbocycles. The van der Waals surface area contributed by atoms with E-state index in [0.717, 1.165) is 28.6 Å². The van der Waals surface area contributed by atoms with Gasteiger partial charge in [0.25, 0.3) is 11.6 Å². The van der Waals surface area contributed by atoms with Gasteiger partial charge in [-0.3, -0.25) is 19.8 Å². The number of thioether (sulfide) groups is 1. The topological polar surface area (TPSA) is 81.9 Å². The lowest BCUT2D eigenvalue weighted by atomic mass is 10.0. The normalized spacial score (nSPS) is 14.5. The maximum absolute atomic E-state index is 13.1. The molecule has 1 heterocycles. The zero-order chi connectivity index (χ0) is 26.5. The van der Waals surface area contributed by atoms with Crippen LogP contribution in [0.25, 0.3) is 6.08 Å². The molecule has 0 bridgehead atoms. The Morgan fingerprint density at radius 3 is 2.41 bits per heavy atom. The summed E-state index contributed by atoms with van der Waals surface area (Å²) in [6.07, 6.45) is 1.59. The number of rotatable bonds is 9. The highest BCUT2D eigenvalue weighted by atomic mass is 32.2. The van der Waals surface area contributed by atoms with Gasteiger partial charge >= 0.3 is 0 Å². The van der Waals surface area contributed by atoms with Crippen LogP contribution in [0, 0.1) is 17.0 Å². The molecular weight excluding hydrogens is 508 g/mol. The average molecular weight is 535 g/mol. The van der Waals surface area contributed by atoms with E-state index in [-0.39, 0.29) is 24.8 Å². The first-order chi connectivity index (χ1) is 17.7. The van der Waals surface area contributed by atoms with Crippen LogP contribution in [0.1, 0.15) is 36.5 Å². The number of ether oxygens (including phenoxy) is 2. The summed E-state index contributed by atoms with van der Waals surface area (Å²) in [5.74, 6) is 1.25. The number of nitro groups is 1. The first-order valence-electron chi connectivity index (χ1n) is 11.7. The van der Waals surface area contributed by atoms with Crippen LogP contribution in [0.3, 0.4) is 0 Å². The number of carbonyl (C=O) groups excluding carboxylic acids is 1. The molecule has 3 aromatic carbocycles. The van der Waals surface area contributed by atoms with Crippen LogP contribution in [0.15, 0.2) is 71.6 Å². The molecule has 9 heteroatoms. The summed E-state index contributed by atoms with van der Waals surface area (Å²) in [6, 6.07) is 19.5. The van der Waals surface area contributed by atoms with E-state index in [2.05, 4.69) is 26.0 Å². The minimum absolute atomic E-state index is 0.102. The van der Waals surface area contributed by atoms with Crippen LogP contribution in [0.4, 0.5) is 11.4 Å². The number of nitrogens with zero attached hydrogens (tertiary/aromatic N) is 2. The molecule has 7 nitrogen and oxygen atoms in total. The highest BCUT2D eigenvalue weighted by molar-refractivity contribution is 8.27. The number of benzene rings is 3. The Morgan fingerprint density at radius 2 is 1.73 bits per heavy atom. The molecule has 0 spiro atoms. The molecule has 0 radical (unpaired) electrons. The van der Waals surface area contributed by atoms with E-state index in [4.69, 9.17) is 21.7 Å². The Labute approximate surface area is 225 Å². The van der Waals surface area contributed by atoms with Gasteiger partial charge in [-0.05, 0) is 54.3 Å². The van der Waals surface area contributed by atoms with E-state index >= 15 is 0 Å². The van der Waals surface area contributed by atoms with E-state index in [1.807, 2.05) is 31.2 Å². The van der Waals surface area contributed by atoms with Crippen molar-refractivity contribution in [2.75, 3.05) is 18.1 Å². The largest absolute Gasteiger partial charge is 0.490 e. The fourth-order valence-corrected chi connectivity index (χ4v) is 5.14. The van der Waals surface area contributed by atoms with Gasteiger partial charge in [0.2, 0.25) is 0 Å². The van der Waals surface area contributed by atoms with Gasteiger partial charge in [-0.1, -0.05) is 68.2 Å². The third-order valence-corrected chi connectivity index (χ3v) is 6.99. The second kappa shape index (κ2) is 11.6. The monoisotopic (exact) mass is 534 g/mol. The molecule has 3 aromatic rings. The van der Waals surface area contributed by atoms with Gasteiger partial charge in [-0.15, -0.1) is 0 Å². The maximum Gasteiger partial charge on any atom is 0.270 e. The number of thiocarbonyl (C=S) groups is 1. The lowest BCUT2D eigenvalue weighted by Gasteiger charge is -2.16. The molecule has 0 aliphatic carbocycles. The molecule has 1 amide bonds. The van der Waals surface area contributed by atoms with Crippen molar-refractivity contribution < 1.29 is 19.2 Å². The maximum atomic E-state index is 13.1. The second-order valence-electron chi connectivity index (χ2n) is 8.72. The van der Waals surface area contributed by atoms with Gasteiger partial charge in [0.15, 0.2) is 4.32 Å². The Morgan fingerprint density at radius 1 is 1.03 bits per heavy atom. The first kappa shape index (κ1) is 26.4. The molecule has 1 aliphatic heterocycles. The molecule has 0 unspecified atom stereocenters. The second-order valence-corrected chi connectivity index (χ2v) is 10.4. The summed E-state index contributed by atoms with van der Waals surface area (Å²) >= 11 is 6.58. The molecule has 4 rings (SSSR count).